The van der Waals surface area contributed by atoms with Gasteiger partial charge < -0.3 is 10.1 Å². The van der Waals surface area contributed by atoms with Crippen LogP contribution in [0.3, 0.4) is 0 Å². The number of morpholine rings is 1. The smallest absolute Gasteiger partial charge is 0.158 e. The van der Waals surface area contributed by atoms with Crippen molar-refractivity contribution in [3.63, 3.8) is 0 Å². The van der Waals surface area contributed by atoms with Crippen molar-refractivity contribution >= 4 is 5.78 Å². The van der Waals surface area contributed by atoms with Gasteiger partial charge in [0.25, 0.3) is 0 Å². The first-order chi connectivity index (χ1) is 8.74. The fourth-order valence-electron chi connectivity index (χ4n) is 2.18. The van der Waals surface area contributed by atoms with Crippen molar-refractivity contribution in [2.45, 2.75) is 39.3 Å². The third kappa shape index (κ3) is 2.97. The maximum absolute atomic E-state index is 12.1. The molecule has 1 aromatic rings. The zero-order valence-corrected chi connectivity index (χ0v) is 11.1. The van der Waals surface area contributed by atoms with Crippen molar-refractivity contribution in [1.29, 1.82) is 0 Å². The van der Waals surface area contributed by atoms with Gasteiger partial charge in [0.2, 0.25) is 0 Å². The summed E-state index contributed by atoms with van der Waals surface area (Å²) in [5.74, 6) is 0.187. The normalized spacial score (nSPS) is 20.0. The lowest BCUT2D eigenvalue weighted by atomic mass is 10.1. The summed E-state index contributed by atoms with van der Waals surface area (Å²) in [5, 5.41) is 7.65. The second-order valence-corrected chi connectivity index (χ2v) is 4.52. The Kier molecular flexibility index (Phi) is 4.49. The minimum atomic E-state index is -0.163. The standard InChI is InChI=1S/C13H21N3O2/c1-3-10-7-11(16(4-2)15-10)8-13(17)12-9-18-6-5-14-12/h7,12,14H,3-6,8-9H2,1-2H3. The van der Waals surface area contributed by atoms with Crippen molar-refractivity contribution in [3.8, 4) is 0 Å². The lowest BCUT2D eigenvalue weighted by Crippen LogP contribution is -2.47. The van der Waals surface area contributed by atoms with Crippen LogP contribution in [0.5, 0.6) is 0 Å². The van der Waals surface area contributed by atoms with Gasteiger partial charge >= 0.3 is 0 Å². The van der Waals surface area contributed by atoms with Gasteiger partial charge in [0.1, 0.15) is 0 Å². The van der Waals surface area contributed by atoms with E-state index in [0.717, 1.165) is 30.9 Å². The maximum Gasteiger partial charge on any atom is 0.158 e. The average Bonchev–Trinajstić information content (AvgIpc) is 2.82. The molecule has 1 N–H and O–H groups in total. The Morgan fingerprint density at radius 3 is 3.06 bits per heavy atom. The van der Waals surface area contributed by atoms with Crippen molar-refractivity contribution < 1.29 is 9.53 Å². The molecule has 0 amide bonds. The summed E-state index contributed by atoms with van der Waals surface area (Å²) in [4.78, 5) is 12.1. The van der Waals surface area contributed by atoms with E-state index in [1.807, 2.05) is 17.7 Å². The van der Waals surface area contributed by atoms with Crippen molar-refractivity contribution in [3.05, 3.63) is 17.5 Å². The molecule has 0 aromatic carbocycles. The van der Waals surface area contributed by atoms with E-state index >= 15 is 0 Å². The number of carbonyl (C=O) groups is 1. The second-order valence-electron chi connectivity index (χ2n) is 4.52. The molecule has 18 heavy (non-hydrogen) atoms. The molecule has 0 spiro atoms. The second kappa shape index (κ2) is 6.11. The molecule has 1 aromatic heterocycles. The Balaban J connectivity index is 2.03. The van der Waals surface area contributed by atoms with Crippen LogP contribution in [-0.2, 0) is 28.9 Å². The molecule has 0 aliphatic carbocycles. The molecule has 0 radical (unpaired) electrons. The van der Waals surface area contributed by atoms with Crippen molar-refractivity contribution in [1.82, 2.24) is 15.1 Å². The molecule has 100 valence electrons. The van der Waals surface area contributed by atoms with Crippen LogP contribution in [0.4, 0.5) is 0 Å². The quantitative estimate of drug-likeness (QED) is 0.831. The third-order valence-corrected chi connectivity index (χ3v) is 3.24. The van der Waals surface area contributed by atoms with Crippen molar-refractivity contribution in [2.75, 3.05) is 19.8 Å². The molecule has 5 heteroatoms. The van der Waals surface area contributed by atoms with E-state index in [2.05, 4.69) is 17.3 Å². The molecule has 2 heterocycles. The van der Waals surface area contributed by atoms with Gasteiger partial charge in [-0.1, -0.05) is 6.92 Å². The monoisotopic (exact) mass is 251 g/mol. The number of nitrogens with one attached hydrogen (secondary N) is 1. The van der Waals surface area contributed by atoms with E-state index in [4.69, 9.17) is 4.74 Å². The highest BCUT2D eigenvalue weighted by Crippen LogP contribution is 2.09. The highest BCUT2D eigenvalue weighted by molar-refractivity contribution is 5.86. The summed E-state index contributed by atoms with van der Waals surface area (Å²) in [5.41, 5.74) is 2.05. The Labute approximate surface area is 108 Å². The minimum absolute atomic E-state index is 0.163. The van der Waals surface area contributed by atoms with Crippen LogP contribution in [0.1, 0.15) is 25.2 Å². The molecule has 2 rings (SSSR count). The number of Topliss-reactive ketones (excluding diaryl/α,β-unsaturated/α-hetero) is 1. The van der Waals surface area contributed by atoms with E-state index in [1.165, 1.54) is 0 Å². The topological polar surface area (TPSA) is 56.1 Å². The van der Waals surface area contributed by atoms with Gasteiger partial charge in [0.05, 0.1) is 31.4 Å². The molecular formula is C13H21N3O2. The van der Waals surface area contributed by atoms with E-state index < -0.39 is 0 Å². The van der Waals surface area contributed by atoms with E-state index in [1.54, 1.807) is 0 Å². The Bertz CT molecular complexity index is 408. The van der Waals surface area contributed by atoms with E-state index in [-0.39, 0.29) is 11.8 Å². The zero-order chi connectivity index (χ0) is 13.0. The van der Waals surface area contributed by atoms with E-state index in [0.29, 0.717) is 19.6 Å². The lowest BCUT2D eigenvalue weighted by Gasteiger charge is -2.22. The average molecular weight is 251 g/mol. The van der Waals surface area contributed by atoms with Crippen LogP contribution in [0, 0.1) is 0 Å². The van der Waals surface area contributed by atoms with Gasteiger partial charge in [-0.25, -0.2) is 0 Å². The van der Waals surface area contributed by atoms with Gasteiger partial charge in [-0.3, -0.25) is 9.48 Å². The van der Waals surface area contributed by atoms with Crippen LogP contribution in [-0.4, -0.2) is 41.4 Å². The summed E-state index contributed by atoms with van der Waals surface area (Å²) < 4.78 is 7.24. The van der Waals surface area contributed by atoms with Crippen LogP contribution < -0.4 is 5.32 Å². The first-order valence-corrected chi connectivity index (χ1v) is 6.64. The third-order valence-electron chi connectivity index (χ3n) is 3.24. The minimum Gasteiger partial charge on any atom is -0.378 e. The highest BCUT2D eigenvalue weighted by Gasteiger charge is 2.22. The van der Waals surface area contributed by atoms with Crippen molar-refractivity contribution in [2.24, 2.45) is 0 Å². The summed E-state index contributed by atoms with van der Waals surface area (Å²) >= 11 is 0. The molecule has 0 bridgehead atoms. The number of hydrogen-bond acceptors (Lipinski definition) is 4. The molecular weight excluding hydrogens is 230 g/mol. The molecule has 1 fully saturated rings. The predicted octanol–water partition coefficient (Wildman–Crippen LogP) is 0.565. The molecule has 1 saturated heterocycles. The lowest BCUT2D eigenvalue weighted by molar-refractivity contribution is -0.123. The maximum atomic E-state index is 12.1. The summed E-state index contributed by atoms with van der Waals surface area (Å²) in [7, 11) is 0. The van der Waals surface area contributed by atoms with Crippen LogP contribution in [0.25, 0.3) is 0 Å². The number of carbonyl (C=O) groups excluding carboxylic acids is 1. The summed E-state index contributed by atoms with van der Waals surface area (Å²) in [6.07, 6.45) is 1.33. The van der Waals surface area contributed by atoms with Gasteiger partial charge in [-0.15, -0.1) is 0 Å². The Hall–Kier alpha value is -1.20. The molecule has 5 nitrogen and oxygen atoms in total. The Morgan fingerprint density at radius 2 is 2.44 bits per heavy atom. The Morgan fingerprint density at radius 1 is 1.61 bits per heavy atom. The number of rotatable bonds is 5. The SMILES string of the molecule is CCc1cc(CC(=O)C2COCCN2)n(CC)n1. The summed E-state index contributed by atoms with van der Waals surface area (Å²) in [6, 6.07) is 1.87. The highest BCUT2D eigenvalue weighted by atomic mass is 16.5. The van der Waals surface area contributed by atoms with Gasteiger partial charge in [-0.2, -0.15) is 5.10 Å². The van der Waals surface area contributed by atoms with Gasteiger partial charge in [-0.05, 0) is 19.4 Å². The van der Waals surface area contributed by atoms with Gasteiger partial charge in [0, 0.05) is 18.8 Å². The molecule has 1 aliphatic heterocycles. The fraction of sp³-hybridized carbons (Fsp3) is 0.692. The summed E-state index contributed by atoms with van der Waals surface area (Å²) in [6.45, 7) is 6.85. The number of aromatic nitrogens is 2. The van der Waals surface area contributed by atoms with Crippen LogP contribution in [0.2, 0.25) is 0 Å². The number of nitrogens with zero attached hydrogens (tertiary/aromatic N) is 2. The van der Waals surface area contributed by atoms with Gasteiger partial charge in [0.15, 0.2) is 5.78 Å². The van der Waals surface area contributed by atoms with Crippen LogP contribution in [0.15, 0.2) is 6.07 Å². The number of aryl methyl sites for hydroxylation is 2. The first kappa shape index (κ1) is 13.2. The molecule has 1 aliphatic rings. The zero-order valence-electron chi connectivity index (χ0n) is 11.1. The largest absolute Gasteiger partial charge is 0.378 e. The fourth-order valence-corrected chi connectivity index (χ4v) is 2.18. The molecule has 1 atom stereocenters. The molecule has 1 unspecified atom stereocenters. The first-order valence-electron chi connectivity index (χ1n) is 6.64. The number of ether oxygens (including phenoxy) is 1. The molecule has 0 saturated carbocycles. The number of ketones is 1. The number of hydrogen-bond donors (Lipinski definition) is 1. The van der Waals surface area contributed by atoms with E-state index in [9.17, 15) is 4.79 Å². The van der Waals surface area contributed by atoms with Crippen LogP contribution >= 0.6 is 0 Å². The predicted molar refractivity (Wildman–Crippen MR) is 68.6 cm³/mol.